The van der Waals surface area contributed by atoms with Crippen molar-refractivity contribution in [1.82, 2.24) is 15.2 Å². The van der Waals surface area contributed by atoms with Gasteiger partial charge in [-0.2, -0.15) is 0 Å². The number of carbonyl (C=O) groups is 1. The predicted octanol–water partition coefficient (Wildman–Crippen LogP) is 5.18. The normalized spacial score (nSPS) is 10.8. The summed E-state index contributed by atoms with van der Waals surface area (Å²) in [7, 11) is 0. The van der Waals surface area contributed by atoms with Gasteiger partial charge in [0.15, 0.2) is 6.61 Å². The molecule has 0 bridgehead atoms. The second-order valence-corrected chi connectivity index (χ2v) is 7.50. The number of thiazole rings is 1. The van der Waals surface area contributed by atoms with Crippen molar-refractivity contribution < 1.29 is 13.9 Å². The van der Waals surface area contributed by atoms with Crippen LogP contribution in [0.1, 0.15) is 20.6 Å². The molecular formula is C20H14ClN3O3S. The SMILES string of the molecule is Cc1nc(-c2ccccc2)c(C(=O)OCc2nnc(-c3ccc(Cl)cc3)o2)s1. The number of hydrogen-bond donors (Lipinski definition) is 0. The molecule has 0 N–H and O–H groups in total. The molecule has 0 unspecified atom stereocenters. The van der Waals surface area contributed by atoms with Gasteiger partial charge in [0, 0.05) is 16.1 Å². The van der Waals surface area contributed by atoms with Gasteiger partial charge in [-0.25, -0.2) is 9.78 Å². The van der Waals surface area contributed by atoms with E-state index in [2.05, 4.69) is 15.2 Å². The van der Waals surface area contributed by atoms with Crippen LogP contribution in [0.4, 0.5) is 0 Å². The van der Waals surface area contributed by atoms with Crippen LogP contribution in [0.3, 0.4) is 0 Å². The zero-order chi connectivity index (χ0) is 19.5. The number of esters is 1. The Labute approximate surface area is 169 Å². The van der Waals surface area contributed by atoms with Crippen molar-refractivity contribution in [2.75, 3.05) is 0 Å². The van der Waals surface area contributed by atoms with Crippen LogP contribution in [0, 0.1) is 6.92 Å². The van der Waals surface area contributed by atoms with E-state index in [-0.39, 0.29) is 12.5 Å². The Bertz CT molecular complexity index is 1110. The second kappa shape index (κ2) is 7.92. The number of halogens is 1. The molecule has 0 saturated carbocycles. The predicted molar refractivity (Wildman–Crippen MR) is 106 cm³/mol. The molecule has 6 nitrogen and oxygen atoms in total. The molecule has 2 heterocycles. The summed E-state index contributed by atoms with van der Waals surface area (Å²) >= 11 is 7.17. The van der Waals surface area contributed by atoms with Crippen molar-refractivity contribution in [1.29, 1.82) is 0 Å². The number of aryl methyl sites for hydroxylation is 1. The Morgan fingerprint density at radius 1 is 1.07 bits per heavy atom. The van der Waals surface area contributed by atoms with E-state index in [4.69, 9.17) is 20.8 Å². The van der Waals surface area contributed by atoms with Crippen LogP contribution in [0.25, 0.3) is 22.7 Å². The highest BCUT2D eigenvalue weighted by Gasteiger charge is 2.20. The van der Waals surface area contributed by atoms with E-state index < -0.39 is 5.97 Å². The maximum atomic E-state index is 12.6. The van der Waals surface area contributed by atoms with Gasteiger partial charge in [-0.15, -0.1) is 21.5 Å². The van der Waals surface area contributed by atoms with E-state index in [1.165, 1.54) is 11.3 Å². The van der Waals surface area contributed by atoms with Gasteiger partial charge in [0.2, 0.25) is 5.89 Å². The number of nitrogens with zero attached hydrogens (tertiary/aromatic N) is 3. The highest BCUT2D eigenvalue weighted by Crippen LogP contribution is 2.29. The third kappa shape index (κ3) is 3.95. The minimum Gasteiger partial charge on any atom is -0.451 e. The number of rotatable bonds is 5. The summed E-state index contributed by atoms with van der Waals surface area (Å²) in [5.41, 5.74) is 2.21. The first kappa shape index (κ1) is 18.3. The molecule has 0 saturated heterocycles. The van der Waals surface area contributed by atoms with Crippen LogP contribution in [0.2, 0.25) is 5.02 Å². The lowest BCUT2D eigenvalue weighted by atomic mass is 10.1. The number of benzene rings is 2. The Morgan fingerprint density at radius 2 is 1.82 bits per heavy atom. The van der Waals surface area contributed by atoms with Crippen molar-refractivity contribution in [3.05, 3.63) is 75.4 Å². The monoisotopic (exact) mass is 411 g/mol. The van der Waals surface area contributed by atoms with Crippen molar-refractivity contribution in [3.63, 3.8) is 0 Å². The highest BCUT2D eigenvalue weighted by molar-refractivity contribution is 7.14. The summed E-state index contributed by atoms with van der Waals surface area (Å²) in [4.78, 5) is 17.5. The van der Waals surface area contributed by atoms with E-state index in [0.29, 0.717) is 21.5 Å². The Hall–Kier alpha value is -3.03. The Morgan fingerprint density at radius 3 is 2.57 bits per heavy atom. The molecule has 0 spiro atoms. The first-order chi connectivity index (χ1) is 13.6. The van der Waals surface area contributed by atoms with E-state index in [9.17, 15) is 4.79 Å². The van der Waals surface area contributed by atoms with Crippen molar-refractivity contribution in [2.45, 2.75) is 13.5 Å². The van der Waals surface area contributed by atoms with Crippen molar-refractivity contribution >= 4 is 28.9 Å². The fraction of sp³-hybridized carbons (Fsp3) is 0.100. The topological polar surface area (TPSA) is 78.1 Å². The summed E-state index contributed by atoms with van der Waals surface area (Å²) in [6.45, 7) is 1.73. The third-order valence-electron chi connectivity index (χ3n) is 3.85. The molecule has 28 heavy (non-hydrogen) atoms. The number of hydrogen-bond acceptors (Lipinski definition) is 7. The van der Waals surface area contributed by atoms with Crippen LogP contribution < -0.4 is 0 Å². The third-order valence-corrected chi connectivity index (χ3v) is 5.05. The minimum absolute atomic E-state index is 0.120. The first-order valence-electron chi connectivity index (χ1n) is 8.38. The van der Waals surface area contributed by atoms with E-state index in [1.54, 1.807) is 24.3 Å². The van der Waals surface area contributed by atoms with Gasteiger partial charge in [0.05, 0.1) is 10.7 Å². The summed E-state index contributed by atoms with van der Waals surface area (Å²) in [5, 5.41) is 9.31. The molecule has 0 amide bonds. The molecule has 4 aromatic rings. The second-order valence-electron chi connectivity index (χ2n) is 5.86. The number of carbonyl (C=O) groups excluding carboxylic acids is 1. The smallest absolute Gasteiger partial charge is 0.351 e. The molecule has 8 heteroatoms. The van der Waals surface area contributed by atoms with Crippen LogP contribution in [-0.4, -0.2) is 21.2 Å². The first-order valence-corrected chi connectivity index (χ1v) is 9.58. The van der Waals surface area contributed by atoms with Gasteiger partial charge >= 0.3 is 5.97 Å². The van der Waals surface area contributed by atoms with Crippen LogP contribution in [0.15, 0.2) is 59.0 Å². The number of aromatic nitrogens is 3. The zero-order valence-corrected chi connectivity index (χ0v) is 16.3. The largest absolute Gasteiger partial charge is 0.451 e. The lowest BCUT2D eigenvalue weighted by Crippen LogP contribution is -2.05. The molecule has 2 aromatic heterocycles. The molecule has 0 radical (unpaired) electrons. The Kier molecular flexibility index (Phi) is 5.18. The fourth-order valence-electron chi connectivity index (χ4n) is 2.57. The van der Waals surface area contributed by atoms with E-state index in [1.807, 2.05) is 37.3 Å². The molecular weight excluding hydrogens is 398 g/mol. The average molecular weight is 412 g/mol. The maximum Gasteiger partial charge on any atom is 0.351 e. The molecule has 0 aliphatic heterocycles. The van der Waals surface area contributed by atoms with Gasteiger partial charge < -0.3 is 9.15 Å². The summed E-state index contributed by atoms with van der Waals surface area (Å²) < 4.78 is 10.9. The van der Waals surface area contributed by atoms with Gasteiger partial charge in [0.25, 0.3) is 5.89 Å². The molecule has 2 aromatic carbocycles. The van der Waals surface area contributed by atoms with E-state index >= 15 is 0 Å². The van der Waals surface area contributed by atoms with Gasteiger partial charge in [0.1, 0.15) is 4.88 Å². The zero-order valence-electron chi connectivity index (χ0n) is 14.8. The summed E-state index contributed by atoms with van der Waals surface area (Å²) in [6.07, 6.45) is 0. The van der Waals surface area contributed by atoms with Crippen LogP contribution in [-0.2, 0) is 11.3 Å². The van der Waals surface area contributed by atoms with Crippen molar-refractivity contribution in [3.8, 4) is 22.7 Å². The molecule has 0 atom stereocenters. The molecule has 0 aliphatic carbocycles. The number of ether oxygens (including phenoxy) is 1. The van der Waals surface area contributed by atoms with Crippen LogP contribution in [0.5, 0.6) is 0 Å². The van der Waals surface area contributed by atoms with Crippen molar-refractivity contribution in [2.24, 2.45) is 0 Å². The quantitative estimate of drug-likeness (QED) is 0.421. The summed E-state index contributed by atoms with van der Waals surface area (Å²) in [5.74, 6) is 0.0674. The molecule has 4 rings (SSSR count). The Balaban J connectivity index is 1.48. The average Bonchev–Trinajstić information content (AvgIpc) is 3.34. The highest BCUT2D eigenvalue weighted by atomic mass is 35.5. The summed E-state index contributed by atoms with van der Waals surface area (Å²) in [6, 6.07) is 16.5. The minimum atomic E-state index is -0.476. The van der Waals surface area contributed by atoms with Gasteiger partial charge in [-0.05, 0) is 31.2 Å². The van der Waals surface area contributed by atoms with Gasteiger partial charge in [-0.1, -0.05) is 41.9 Å². The van der Waals surface area contributed by atoms with Gasteiger partial charge in [-0.3, -0.25) is 0 Å². The molecule has 0 fully saturated rings. The molecule has 0 aliphatic rings. The maximum absolute atomic E-state index is 12.6. The standard InChI is InChI=1S/C20H14ClN3O3S/c1-12-22-17(13-5-3-2-4-6-13)18(28-12)20(25)26-11-16-23-24-19(27-16)14-7-9-15(21)10-8-14/h2-10H,11H2,1H3. The lowest BCUT2D eigenvalue weighted by molar-refractivity contribution is 0.0445. The lowest BCUT2D eigenvalue weighted by Gasteiger charge is -2.03. The fourth-order valence-corrected chi connectivity index (χ4v) is 3.53. The van der Waals surface area contributed by atoms with Crippen LogP contribution >= 0.6 is 22.9 Å². The van der Waals surface area contributed by atoms with E-state index in [0.717, 1.165) is 16.1 Å². The molecule has 140 valence electrons.